The summed E-state index contributed by atoms with van der Waals surface area (Å²) in [4.78, 5) is 6.92. The van der Waals surface area contributed by atoms with E-state index in [0.717, 1.165) is 30.8 Å². The predicted octanol–water partition coefficient (Wildman–Crippen LogP) is 3.43. The van der Waals surface area contributed by atoms with Crippen LogP contribution in [0.5, 0.6) is 0 Å². The Hall–Kier alpha value is 0.130. The molecule has 1 fully saturated rings. The van der Waals surface area contributed by atoms with Crippen LogP contribution in [0.4, 0.5) is 0 Å². The maximum Gasteiger partial charge on any atom is 0.110 e. The molecule has 2 rings (SSSR count). The number of nitrogens with zero attached hydrogens (tertiary/aromatic N) is 2. The van der Waals surface area contributed by atoms with Crippen LogP contribution < -0.4 is 5.32 Å². The van der Waals surface area contributed by atoms with Crippen molar-refractivity contribution in [3.63, 3.8) is 0 Å². The fourth-order valence-corrected chi connectivity index (χ4v) is 2.96. The van der Waals surface area contributed by atoms with Gasteiger partial charge in [-0.05, 0) is 28.4 Å². The summed E-state index contributed by atoms with van der Waals surface area (Å²) in [6, 6.07) is 4.73. The largest absolute Gasteiger partial charge is 0.314 e. The first-order valence-electron chi connectivity index (χ1n) is 6.38. The molecule has 1 aromatic heterocycles. The summed E-state index contributed by atoms with van der Waals surface area (Å²) in [5, 5.41) is 3.41. The van der Waals surface area contributed by atoms with Crippen molar-refractivity contribution >= 4 is 40.7 Å². The van der Waals surface area contributed by atoms with Crippen LogP contribution in [0, 0.1) is 0 Å². The van der Waals surface area contributed by atoms with Gasteiger partial charge in [-0.1, -0.05) is 19.4 Å². The van der Waals surface area contributed by atoms with Crippen LogP contribution in [0.25, 0.3) is 0 Å². The number of halogens is 3. The summed E-state index contributed by atoms with van der Waals surface area (Å²) in [6.07, 6.45) is 4.24. The molecular formula is C13H22BrCl2N3. The molecule has 1 aromatic rings. The topological polar surface area (TPSA) is 28.2 Å². The zero-order chi connectivity index (χ0) is 12.1. The van der Waals surface area contributed by atoms with E-state index in [4.69, 9.17) is 0 Å². The number of rotatable bonds is 4. The Morgan fingerprint density at radius 1 is 1.37 bits per heavy atom. The van der Waals surface area contributed by atoms with Gasteiger partial charge in [-0.2, -0.15) is 0 Å². The summed E-state index contributed by atoms with van der Waals surface area (Å²) >= 11 is 3.58. The summed E-state index contributed by atoms with van der Waals surface area (Å²) in [6.45, 7) is 6.70. The van der Waals surface area contributed by atoms with Crippen LogP contribution in [-0.4, -0.2) is 36.1 Å². The van der Waals surface area contributed by atoms with Crippen molar-refractivity contribution in [1.82, 2.24) is 15.2 Å². The van der Waals surface area contributed by atoms with Gasteiger partial charge in [-0.25, -0.2) is 4.98 Å². The zero-order valence-corrected chi connectivity index (χ0v) is 14.4. The Kier molecular flexibility index (Phi) is 10.0. The molecule has 0 aromatic carbocycles. The Balaban J connectivity index is 0.00000162. The maximum atomic E-state index is 4.35. The van der Waals surface area contributed by atoms with Gasteiger partial charge in [0, 0.05) is 44.0 Å². The molecule has 1 aliphatic rings. The van der Waals surface area contributed by atoms with Crippen LogP contribution in [0.2, 0.25) is 0 Å². The molecule has 0 amide bonds. The van der Waals surface area contributed by atoms with E-state index >= 15 is 0 Å². The third-order valence-electron chi connectivity index (χ3n) is 3.30. The summed E-state index contributed by atoms with van der Waals surface area (Å²) in [7, 11) is 0. The van der Waals surface area contributed by atoms with Crippen LogP contribution in [0.15, 0.2) is 22.9 Å². The van der Waals surface area contributed by atoms with Gasteiger partial charge in [0.15, 0.2) is 0 Å². The van der Waals surface area contributed by atoms with Crippen molar-refractivity contribution in [2.75, 3.05) is 26.2 Å². The lowest BCUT2D eigenvalue weighted by atomic mass is 10.0. The highest BCUT2D eigenvalue weighted by Crippen LogP contribution is 2.30. The molecule has 1 atom stereocenters. The Morgan fingerprint density at radius 3 is 2.63 bits per heavy atom. The quantitative estimate of drug-likeness (QED) is 0.823. The number of aromatic nitrogens is 1. The van der Waals surface area contributed by atoms with Gasteiger partial charge >= 0.3 is 0 Å². The van der Waals surface area contributed by atoms with Gasteiger partial charge in [-0.3, -0.25) is 4.90 Å². The van der Waals surface area contributed by atoms with Crippen molar-refractivity contribution in [3.05, 3.63) is 28.5 Å². The van der Waals surface area contributed by atoms with E-state index in [1.165, 1.54) is 18.4 Å². The number of piperazine rings is 1. The first-order valence-corrected chi connectivity index (χ1v) is 7.17. The van der Waals surface area contributed by atoms with E-state index in [1.807, 2.05) is 12.3 Å². The standard InChI is InChI=1S/C13H20BrN3.2ClH/c1-2-4-12(17-9-7-15-8-10-17)11-5-3-6-16-13(11)14;;/h3,5-6,12,15H,2,4,7-10H2,1H3;2*1H/t12-;;/m0../s1. The highest BCUT2D eigenvalue weighted by Gasteiger charge is 2.23. The van der Waals surface area contributed by atoms with Crippen LogP contribution in [0.1, 0.15) is 31.4 Å². The van der Waals surface area contributed by atoms with Crippen molar-refractivity contribution in [3.8, 4) is 0 Å². The molecule has 0 radical (unpaired) electrons. The zero-order valence-electron chi connectivity index (χ0n) is 11.1. The monoisotopic (exact) mass is 369 g/mol. The van der Waals surface area contributed by atoms with E-state index in [2.05, 4.69) is 44.1 Å². The van der Waals surface area contributed by atoms with Gasteiger partial charge in [0.1, 0.15) is 4.60 Å². The molecule has 2 heterocycles. The third-order valence-corrected chi connectivity index (χ3v) is 3.96. The maximum absolute atomic E-state index is 4.35. The molecule has 0 aliphatic carbocycles. The van der Waals surface area contributed by atoms with E-state index < -0.39 is 0 Å². The molecule has 0 saturated carbocycles. The third kappa shape index (κ3) is 5.20. The fourth-order valence-electron chi connectivity index (χ4n) is 2.45. The van der Waals surface area contributed by atoms with E-state index in [-0.39, 0.29) is 24.8 Å². The molecular weight excluding hydrogens is 349 g/mol. The molecule has 1 saturated heterocycles. The highest BCUT2D eigenvalue weighted by molar-refractivity contribution is 9.10. The SMILES string of the molecule is CCC[C@@H](c1cccnc1Br)N1CCNCC1.Cl.Cl. The average molecular weight is 371 g/mol. The lowest BCUT2D eigenvalue weighted by Crippen LogP contribution is -2.45. The minimum absolute atomic E-state index is 0. The van der Waals surface area contributed by atoms with Gasteiger partial charge in [0.05, 0.1) is 0 Å². The Bertz CT molecular complexity index is 359. The summed E-state index contributed by atoms with van der Waals surface area (Å²) in [5.74, 6) is 0. The second kappa shape index (κ2) is 9.94. The second-order valence-electron chi connectivity index (χ2n) is 4.47. The Labute approximate surface area is 136 Å². The van der Waals surface area contributed by atoms with E-state index in [0.29, 0.717) is 6.04 Å². The average Bonchev–Trinajstić information content (AvgIpc) is 2.38. The molecule has 1 aliphatic heterocycles. The molecule has 3 nitrogen and oxygen atoms in total. The van der Waals surface area contributed by atoms with Crippen LogP contribution in [0.3, 0.4) is 0 Å². The molecule has 1 N–H and O–H groups in total. The highest BCUT2D eigenvalue weighted by atomic mass is 79.9. The van der Waals surface area contributed by atoms with Crippen molar-refractivity contribution in [2.45, 2.75) is 25.8 Å². The summed E-state index contributed by atoms with van der Waals surface area (Å²) in [5.41, 5.74) is 1.33. The van der Waals surface area contributed by atoms with Crippen molar-refractivity contribution in [1.29, 1.82) is 0 Å². The molecule has 0 bridgehead atoms. The smallest absolute Gasteiger partial charge is 0.110 e. The van der Waals surface area contributed by atoms with Gasteiger partial charge in [0.2, 0.25) is 0 Å². The first-order chi connectivity index (χ1) is 8.33. The predicted molar refractivity (Wildman–Crippen MR) is 88.5 cm³/mol. The van der Waals surface area contributed by atoms with Crippen LogP contribution in [-0.2, 0) is 0 Å². The minimum atomic E-state index is 0. The van der Waals surface area contributed by atoms with Crippen LogP contribution >= 0.6 is 40.7 Å². The lowest BCUT2D eigenvalue weighted by molar-refractivity contribution is 0.164. The fraction of sp³-hybridized carbons (Fsp3) is 0.615. The number of nitrogens with one attached hydrogen (secondary N) is 1. The van der Waals surface area contributed by atoms with Gasteiger partial charge in [-0.15, -0.1) is 24.8 Å². The van der Waals surface area contributed by atoms with E-state index in [1.54, 1.807) is 0 Å². The summed E-state index contributed by atoms with van der Waals surface area (Å²) < 4.78 is 0.997. The van der Waals surface area contributed by atoms with E-state index in [9.17, 15) is 0 Å². The number of hydrogen-bond acceptors (Lipinski definition) is 3. The number of hydrogen-bond donors (Lipinski definition) is 1. The normalized spacial score (nSPS) is 17.2. The van der Waals surface area contributed by atoms with Gasteiger partial charge in [0.25, 0.3) is 0 Å². The van der Waals surface area contributed by atoms with Crippen molar-refractivity contribution < 1.29 is 0 Å². The number of pyridine rings is 1. The van der Waals surface area contributed by atoms with Crippen molar-refractivity contribution in [2.24, 2.45) is 0 Å². The molecule has 19 heavy (non-hydrogen) atoms. The molecule has 110 valence electrons. The molecule has 0 spiro atoms. The second-order valence-corrected chi connectivity index (χ2v) is 5.23. The molecule has 0 unspecified atom stereocenters. The minimum Gasteiger partial charge on any atom is -0.314 e. The lowest BCUT2D eigenvalue weighted by Gasteiger charge is -2.35. The van der Waals surface area contributed by atoms with Gasteiger partial charge < -0.3 is 5.32 Å². The Morgan fingerprint density at radius 2 is 2.05 bits per heavy atom. The first kappa shape index (κ1) is 19.1. The molecule has 6 heteroatoms.